The Hall–Kier alpha value is -2.96. The number of carbonyl (C=O) groups is 2. The highest BCUT2D eigenvalue weighted by Crippen LogP contribution is 2.20. The smallest absolute Gasteiger partial charge is 0.259 e. The summed E-state index contributed by atoms with van der Waals surface area (Å²) in [7, 11) is 0. The topological polar surface area (TPSA) is 81.4 Å². The SMILES string of the molecule is NC(=O)COc1ccccc1C(=O)Nc1cc(F)cc(F)c1. The number of benzene rings is 2. The van der Waals surface area contributed by atoms with Crippen LogP contribution < -0.4 is 15.8 Å². The molecule has 0 atom stereocenters. The summed E-state index contributed by atoms with van der Waals surface area (Å²) in [6.07, 6.45) is 0. The number of nitrogens with one attached hydrogen (secondary N) is 1. The summed E-state index contributed by atoms with van der Waals surface area (Å²) in [5, 5.41) is 2.35. The second kappa shape index (κ2) is 6.66. The van der Waals surface area contributed by atoms with Crippen molar-refractivity contribution in [3.63, 3.8) is 0 Å². The van der Waals surface area contributed by atoms with E-state index in [0.717, 1.165) is 12.1 Å². The molecule has 7 heteroatoms. The molecule has 2 rings (SSSR count). The zero-order valence-corrected chi connectivity index (χ0v) is 11.3. The van der Waals surface area contributed by atoms with Crippen LogP contribution in [0.4, 0.5) is 14.5 Å². The van der Waals surface area contributed by atoms with Crippen molar-refractivity contribution in [1.29, 1.82) is 0 Å². The van der Waals surface area contributed by atoms with E-state index >= 15 is 0 Å². The van der Waals surface area contributed by atoms with Crippen LogP contribution in [0, 0.1) is 11.6 Å². The molecule has 0 heterocycles. The van der Waals surface area contributed by atoms with E-state index in [2.05, 4.69) is 5.32 Å². The summed E-state index contributed by atoms with van der Waals surface area (Å²) >= 11 is 0. The van der Waals surface area contributed by atoms with Gasteiger partial charge in [-0.15, -0.1) is 0 Å². The highest BCUT2D eigenvalue weighted by molar-refractivity contribution is 6.06. The maximum Gasteiger partial charge on any atom is 0.259 e. The Labute approximate surface area is 124 Å². The van der Waals surface area contributed by atoms with Gasteiger partial charge in [0.2, 0.25) is 0 Å². The number of nitrogens with two attached hydrogens (primary N) is 1. The minimum Gasteiger partial charge on any atom is -0.483 e. The molecule has 0 unspecified atom stereocenters. The third-order valence-electron chi connectivity index (χ3n) is 2.62. The van der Waals surface area contributed by atoms with Crippen LogP contribution in [0.15, 0.2) is 42.5 Å². The number of anilines is 1. The van der Waals surface area contributed by atoms with Gasteiger partial charge in [-0.05, 0) is 24.3 Å². The quantitative estimate of drug-likeness (QED) is 0.887. The number of carbonyl (C=O) groups excluding carboxylic acids is 2. The minimum absolute atomic E-state index is 0.0350. The van der Waals surface area contributed by atoms with E-state index in [0.29, 0.717) is 6.07 Å². The highest BCUT2D eigenvalue weighted by atomic mass is 19.1. The molecule has 114 valence electrons. The van der Waals surface area contributed by atoms with Crippen molar-refractivity contribution >= 4 is 17.5 Å². The van der Waals surface area contributed by atoms with Crippen LogP contribution in [0.5, 0.6) is 5.75 Å². The number of halogens is 2. The summed E-state index contributed by atoms with van der Waals surface area (Å²) in [5.74, 6) is -2.81. The number of hydrogen-bond donors (Lipinski definition) is 2. The zero-order chi connectivity index (χ0) is 16.1. The lowest BCUT2D eigenvalue weighted by molar-refractivity contribution is -0.119. The van der Waals surface area contributed by atoms with Gasteiger partial charge in [-0.25, -0.2) is 8.78 Å². The summed E-state index contributed by atoms with van der Waals surface area (Å²) in [6, 6.07) is 8.76. The molecular weight excluding hydrogens is 294 g/mol. The van der Waals surface area contributed by atoms with E-state index in [1.807, 2.05) is 0 Å². The second-order valence-electron chi connectivity index (χ2n) is 4.36. The van der Waals surface area contributed by atoms with Gasteiger partial charge in [0.05, 0.1) is 5.56 Å². The van der Waals surface area contributed by atoms with Crippen molar-refractivity contribution in [1.82, 2.24) is 0 Å². The van der Waals surface area contributed by atoms with Crippen molar-refractivity contribution in [2.24, 2.45) is 5.73 Å². The number of rotatable bonds is 5. The molecular formula is C15H12F2N2O3. The normalized spacial score (nSPS) is 10.1. The van der Waals surface area contributed by atoms with E-state index in [9.17, 15) is 18.4 Å². The Morgan fingerprint density at radius 1 is 1.09 bits per heavy atom. The first kappa shape index (κ1) is 15.4. The Morgan fingerprint density at radius 3 is 2.36 bits per heavy atom. The fourth-order valence-corrected chi connectivity index (χ4v) is 1.75. The third kappa shape index (κ3) is 4.02. The molecule has 22 heavy (non-hydrogen) atoms. The summed E-state index contributed by atoms with van der Waals surface area (Å²) < 4.78 is 31.3. The molecule has 0 aliphatic heterocycles. The van der Waals surface area contributed by atoms with Gasteiger partial charge >= 0.3 is 0 Å². The average Bonchev–Trinajstić information content (AvgIpc) is 2.44. The zero-order valence-electron chi connectivity index (χ0n) is 11.3. The maximum atomic E-state index is 13.1. The predicted molar refractivity (Wildman–Crippen MR) is 75.4 cm³/mol. The van der Waals surface area contributed by atoms with Crippen molar-refractivity contribution in [3.05, 3.63) is 59.7 Å². The molecule has 0 aliphatic rings. The lowest BCUT2D eigenvalue weighted by Gasteiger charge is -2.10. The molecule has 0 fully saturated rings. The summed E-state index contributed by atoms with van der Waals surface area (Å²) in [4.78, 5) is 22.9. The molecule has 2 aromatic carbocycles. The molecule has 0 aliphatic carbocycles. The van der Waals surface area contributed by atoms with E-state index in [4.69, 9.17) is 10.5 Å². The summed E-state index contributed by atoms with van der Waals surface area (Å²) in [6.45, 7) is -0.390. The Morgan fingerprint density at radius 2 is 1.73 bits per heavy atom. The third-order valence-corrected chi connectivity index (χ3v) is 2.62. The van der Waals surface area contributed by atoms with Crippen molar-refractivity contribution in [3.8, 4) is 5.75 Å². The minimum atomic E-state index is -0.812. The van der Waals surface area contributed by atoms with Crippen molar-refractivity contribution in [2.45, 2.75) is 0 Å². The maximum absolute atomic E-state index is 13.1. The standard InChI is InChI=1S/C15H12F2N2O3/c16-9-5-10(17)7-11(6-9)19-15(21)12-3-1-2-4-13(12)22-8-14(18)20/h1-7H,8H2,(H2,18,20)(H,19,21). The Balaban J connectivity index is 2.20. The summed E-state index contributed by atoms with van der Waals surface area (Å²) in [5.41, 5.74) is 5.05. The van der Waals surface area contributed by atoms with Gasteiger partial charge in [0.1, 0.15) is 17.4 Å². The van der Waals surface area contributed by atoms with Gasteiger partial charge in [-0.1, -0.05) is 12.1 Å². The molecule has 0 saturated carbocycles. The van der Waals surface area contributed by atoms with Crippen LogP contribution in [-0.4, -0.2) is 18.4 Å². The van der Waals surface area contributed by atoms with Gasteiger partial charge in [0.15, 0.2) is 6.61 Å². The molecule has 0 aromatic heterocycles. The van der Waals surface area contributed by atoms with Crippen molar-refractivity contribution in [2.75, 3.05) is 11.9 Å². The van der Waals surface area contributed by atoms with E-state index < -0.39 is 23.4 Å². The first-order chi connectivity index (χ1) is 10.5. The molecule has 3 N–H and O–H groups in total. The van der Waals surface area contributed by atoms with Crippen LogP contribution >= 0.6 is 0 Å². The van der Waals surface area contributed by atoms with Crippen LogP contribution in [0.3, 0.4) is 0 Å². The van der Waals surface area contributed by atoms with Gasteiger partial charge in [0, 0.05) is 11.8 Å². The van der Waals surface area contributed by atoms with E-state index in [-0.39, 0.29) is 23.6 Å². The largest absolute Gasteiger partial charge is 0.483 e. The first-order valence-corrected chi connectivity index (χ1v) is 6.23. The number of ether oxygens (including phenoxy) is 1. The highest BCUT2D eigenvalue weighted by Gasteiger charge is 2.13. The lowest BCUT2D eigenvalue weighted by Crippen LogP contribution is -2.21. The second-order valence-corrected chi connectivity index (χ2v) is 4.36. The predicted octanol–water partition coefficient (Wildman–Crippen LogP) is 2.08. The van der Waals surface area contributed by atoms with Crippen LogP contribution in [0.25, 0.3) is 0 Å². The van der Waals surface area contributed by atoms with Crippen LogP contribution in [-0.2, 0) is 4.79 Å². The van der Waals surface area contributed by atoms with E-state index in [1.165, 1.54) is 12.1 Å². The first-order valence-electron chi connectivity index (χ1n) is 6.23. The average molecular weight is 306 g/mol. The Kier molecular flexibility index (Phi) is 4.67. The molecule has 2 aromatic rings. The number of primary amides is 1. The van der Waals surface area contributed by atoms with Gasteiger partial charge < -0.3 is 15.8 Å². The molecule has 0 spiro atoms. The van der Waals surface area contributed by atoms with Gasteiger partial charge in [-0.2, -0.15) is 0 Å². The van der Waals surface area contributed by atoms with Crippen LogP contribution in [0.2, 0.25) is 0 Å². The molecule has 2 amide bonds. The Bertz CT molecular complexity index is 699. The van der Waals surface area contributed by atoms with Gasteiger partial charge in [-0.3, -0.25) is 9.59 Å². The fraction of sp³-hybridized carbons (Fsp3) is 0.0667. The van der Waals surface area contributed by atoms with Gasteiger partial charge in [0.25, 0.3) is 11.8 Å². The number of hydrogen-bond acceptors (Lipinski definition) is 3. The molecule has 5 nitrogen and oxygen atoms in total. The fourth-order valence-electron chi connectivity index (χ4n) is 1.75. The molecule has 0 radical (unpaired) electrons. The number of amides is 2. The van der Waals surface area contributed by atoms with Crippen LogP contribution in [0.1, 0.15) is 10.4 Å². The van der Waals surface area contributed by atoms with E-state index in [1.54, 1.807) is 12.1 Å². The monoisotopic (exact) mass is 306 g/mol. The molecule has 0 bridgehead atoms. The lowest BCUT2D eigenvalue weighted by atomic mass is 10.2. The van der Waals surface area contributed by atoms with Crippen molar-refractivity contribution < 1.29 is 23.1 Å². The molecule has 0 saturated heterocycles. The number of para-hydroxylation sites is 1.